The van der Waals surface area contributed by atoms with Gasteiger partial charge in [-0.25, -0.2) is 0 Å². The number of aryl methyl sites for hydroxylation is 2. The standard InChI is InChI=1S/C16H24BrN3O/c1-11-9-13(10-12(2)14(11)17)19-15(21)16(3,4)20-7-5-18-6-8-20/h9-10,18H,5-8H2,1-4H3,(H,19,21). The zero-order valence-corrected chi connectivity index (χ0v) is 14.8. The van der Waals surface area contributed by atoms with Gasteiger partial charge in [-0.05, 0) is 51.0 Å². The third kappa shape index (κ3) is 3.65. The van der Waals surface area contributed by atoms with Gasteiger partial charge >= 0.3 is 0 Å². The second kappa shape index (κ2) is 6.46. The molecule has 0 aliphatic carbocycles. The number of rotatable bonds is 3. The lowest BCUT2D eigenvalue weighted by Gasteiger charge is -2.39. The van der Waals surface area contributed by atoms with Gasteiger partial charge in [0.25, 0.3) is 0 Å². The molecule has 4 nitrogen and oxygen atoms in total. The predicted molar refractivity (Wildman–Crippen MR) is 90.8 cm³/mol. The Balaban J connectivity index is 2.13. The second-order valence-corrected chi connectivity index (χ2v) is 6.97. The van der Waals surface area contributed by atoms with E-state index in [-0.39, 0.29) is 5.91 Å². The quantitative estimate of drug-likeness (QED) is 0.877. The van der Waals surface area contributed by atoms with Crippen LogP contribution < -0.4 is 10.6 Å². The number of halogens is 1. The first-order valence-corrected chi connectivity index (χ1v) is 8.15. The van der Waals surface area contributed by atoms with Gasteiger partial charge in [-0.2, -0.15) is 0 Å². The van der Waals surface area contributed by atoms with Crippen molar-refractivity contribution in [2.45, 2.75) is 33.2 Å². The van der Waals surface area contributed by atoms with E-state index in [9.17, 15) is 4.79 Å². The fourth-order valence-corrected chi connectivity index (χ4v) is 2.90. The van der Waals surface area contributed by atoms with Crippen molar-refractivity contribution in [3.63, 3.8) is 0 Å². The maximum absolute atomic E-state index is 12.7. The van der Waals surface area contributed by atoms with Crippen molar-refractivity contribution in [2.24, 2.45) is 0 Å². The molecule has 1 aromatic carbocycles. The van der Waals surface area contributed by atoms with Crippen LogP contribution in [0, 0.1) is 13.8 Å². The number of hydrogen-bond donors (Lipinski definition) is 2. The highest BCUT2D eigenvalue weighted by molar-refractivity contribution is 9.10. The summed E-state index contributed by atoms with van der Waals surface area (Å²) in [6.07, 6.45) is 0. The Hall–Kier alpha value is -0.910. The van der Waals surface area contributed by atoms with Crippen molar-refractivity contribution < 1.29 is 4.79 Å². The van der Waals surface area contributed by atoms with Crippen LogP contribution in [0.2, 0.25) is 0 Å². The highest BCUT2D eigenvalue weighted by Gasteiger charge is 2.35. The van der Waals surface area contributed by atoms with Gasteiger partial charge in [-0.1, -0.05) is 15.9 Å². The lowest BCUT2D eigenvalue weighted by Crippen LogP contribution is -2.58. The van der Waals surface area contributed by atoms with E-state index in [2.05, 4.69) is 31.5 Å². The molecule has 1 aliphatic heterocycles. The van der Waals surface area contributed by atoms with Crippen molar-refractivity contribution in [2.75, 3.05) is 31.5 Å². The molecule has 0 aromatic heterocycles. The van der Waals surface area contributed by atoms with E-state index in [4.69, 9.17) is 0 Å². The fraction of sp³-hybridized carbons (Fsp3) is 0.562. The summed E-state index contributed by atoms with van der Waals surface area (Å²) in [5, 5.41) is 6.38. The Morgan fingerprint density at radius 3 is 2.29 bits per heavy atom. The minimum Gasteiger partial charge on any atom is -0.324 e. The van der Waals surface area contributed by atoms with Gasteiger partial charge in [0.05, 0.1) is 5.54 Å². The minimum absolute atomic E-state index is 0.0468. The average molecular weight is 354 g/mol. The van der Waals surface area contributed by atoms with Crippen LogP contribution in [-0.4, -0.2) is 42.5 Å². The second-order valence-electron chi connectivity index (χ2n) is 6.17. The van der Waals surface area contributed by atoms with Crippen molar-refractivity contribution in [1.82, 2.24) is 10.2 Å². The van der Waals surface area contributed by atoms with Crippen LogP contribution in [0.3, 0.4) is 0 Å². The number of carbonyl (C=O) groups is 1. The maximum Gasteiger partial charge on any atom is 0.244 e. The van der Waals surface area contributed by atoms with Crippen LogP contribution in [0.4, 0.5) is 5.69 Å². The van der Waals surface area contributed by atoms with Gasteiger partial charge in [-0.3, -0.25) is 9.69 Å². The van der Waals surface area contributed by atoms with E-state index in [1.165, 1.54) is 0 Å². The summed E-state index contributed by atoms with van der Waals surface area (Å²) >= 11 is 3.55. The fourth-order valence-electron chi connectivity index (χ4n) is 2.67. The third-order valence-corrected chi connectivity index (χ3v) is 5.41. The summed E-state index contributed by atoms with van der Waals surface area (Å²) in [4.78, 5) is 14.9. The van der Waals surface area contributed by atoms with Crippen molar-refractivity contribution in [1.29, 1.82) is 0 Å². The van der Waals surface area contributed by atoms with Crippen molar-refractivity contribution >= 4 is 27.5 Å². The molecule has 0 bridgehead atoms. The number of hydrogen-bond acceptors (Lipinski definition) is 3. The molecule has 1 aromatic rings. The highest BCUT2D eigenvalue weighted by atomic mass is 79.9. The molecule has 0 atom stereocenters. The van der Waals surface area contributed by atoms with E-state index in [1.807, 2.05) is 39.8 Å². The summed E-state index contributed by atoms with van der Waals surface area (Å²) in [6, 6.07) is 4.01. The first-order valence-electron chi connectivity index (χ1n) is 7.36. The van der Waals surface area contributed by atoms with Crippen LogP contribution in [0.15, 0.2) is 16.6 Å². The number of nitrogens with zero attached hydrogens (tertiary/aromatic N) is 1. The van der Waals surface area contributed by atoms with Gasteiger partial charge in [0.15, 0.2) is 0 Å². The van der Waals surface area contributed by atoms with Gasteiger partial charge in [0.1, 0.15) is 0 Å². The molecule has 21 heavy (non-hydrogen) atoms. The summed E-state index contributed by atoms with van der Waals surface area (Å²) < 4.78 is 1.10. The molecule has 116 valence electrons. The number of anilines is 1. The Morgan fingerprint density at radius 2 is 1.76 bits per heavy atom. The largest absolute Gasteiger partial charge is 0.324 e. The molecule has 0 unspecified atom stereocenters. The first kappa shape index (κ1) is 16.5. The smallest absolute Gasteiger partial charge is 0.244 e. The Morgan fingerprint density at radius 1 is 1.24 bits per heavy atom. The van der Waals surface area contributed by atoms with Gasteiger partial charge < -0.3 is 10.6 Å². The van der Waals surface area contributed by atoms with Crippen LogP contribution in [-0.2, 0) is 4.79 Å². The number of piperazine rings is 1. The van der Waals surface area contributed by atoms with Crippen LogP contribution >= 0.6 is 15.9 Å². The molecule has 0 spiro atoms. The molecule has 0 saturated carbocycles. The van der Waals surface area contributed by atoms with E-state index in [0.717, 1.165) is 47.5 Å². The molecule has 1 fully saturated rings. The normalized spacial score (nSPS) is 16.8. The summed E-state index contributed by atoms with van der Waals surface area (Å²) in [6.45, 7) is 11.7. The Bertz CT molecular complexity index is 513. The summed E-state index contributed by atoms with van der Waals surface area (Å²) in [7, 11) is 0. The van der Waals surface area contributed by atoms with Crippen LogP contribution in [0.1, 0.15) is 25.0 Å². The lowest BCUT2D eigenvalue weighted by molar-refractivity contribution is -0.126. The maximum atomic E-state index is 12.7. The van der Waals surface area contributed by atoms with E-state index < -0.39 is 5.54 Å². The molecule has 2 rings (SSSR count). The number of carbonyl (C=O) groups excluding carboxylic acids is 1. The molecule has 1 heterocycles. The average Bonchev–Trinajstić information content (AvgIpc) is 2.45. The number of benzene rings is 1. The van der Waals surface area contributed by atoms with E-state index in [1.54, 1.807) is 0 Å². The number of nitrogens with one attached hydrogen (secondary N) is 2. The molecule has 1 amide bonds. The molecule has 5 heteroatoms. The highest BCUT2D eigenvalue weighted by Crippen LogP contribution is 2.26. The number of amides is 1. The van der Waals surface area contributed by atoms with E-state index in [0.29, 0.717) is 0 Å². The van der Waals surface area contributed by atoms with Crippen LogP contribution in [0.5, 0.6) is 0 Å². The molecule has 0 radical (unpaired) electrons. The van der Waals surface area contributed by atoms with E-state index >= 15 is 0 Å². The molecular formula is C16H24BrN3O. The van der Waals surface area contributed by atoms with Crippen LogP contribution in [0.25, 0.3) is 0 Å². The zero-order valence-electron chi connectivity index (χ0n) is 13.2. The summed E-state index contributed by atoms with van der Waals surface area (Å²) in [5.74, 6) is 0.0468. The molecule has 2 N–H and O–H groups in total. The first-order chi connectivity index (χ1) is 9.82. The molecule has 1 saturated heterocycles. The molecule has 1 aliphatic rings. The predicted octanol–water partition coefficient (Wildman–Crippen LogP) is 2.69. The SMILES string of the molecule is Cc1cc(NC(=O)C(C)(C)N2CCNCC2)cc(C)c1Br. The zero-order chi connectivity index (χ0) is 15.6. The monoisotopic (exact) mass is 353 g/mol. The van der Waals surface area contributed by atoms with Gasteiger partial charge in [0, 0.05) is 36.3 Å². The minimum atomic E-state index is -0.503. The van der Waals surface area contributed by atoms with Gasteiger partial charge in [0.2, 0.25) is 5.91 Å². The lowest BCUT2D eigenvalue weighted by atomic mass is 10.00. The summed E-state index contributed by atoms with van der Waals surface area (Å²) in [5.41, 5.74) is 2.62. The van der Waals surface area contributed by atoms with Crippen molar-refractivity contribution in [3.05, 3.63) is 27.7 Å². The Labute approximate surface area is 135 Å². The van der Waals surface area contributed by atoms with Gasteiger partial charge in [-0.15, -0.1) is 0 Å². The van der Waals surface area contributed by atoms with Crippen molar-refractivity contribution in [3.8, 4) is 0 Å². The Kier molecular flexibility index (Phi) is 5.07. The topological polar surface area (TPSA) is 44.4 Å². The third-order valence-electron chi connectivity index (χ3n) is 4.16. The molecular weight excluding hydrogens is 330 g/mol.